The van der Waals surface area contributed by atoms with Gasteiger partial charge in [0.25, 0.3) is 5.91 Å². The van der Waals surface area contributed by atoms with Crippen molar-refractivity contribution < 1.29 is 4.79 Å². The first-order chi connectivity index (χ1) is 9.29. The maximum Gasteiger partial charge on any atom is 0.251 e. The molecule has 1 aromatic carbocycles. The SMILES string of the molecule is NCc1ccc(C(=O)NCCC2CCCNC2)cc1. The molecule has 1 aliphatic rings. The van der Waals surface area contributed by atoms with Crippen LogP contribution in [0.2, 0.25) is 0 Å². The molecule has 4 heteroatoms. The minimum Gasteiger partial charge on any atom is -0.352 e. The maximum absolute atomic E-state index is 11.9. The van der Waals surface area contributed by atoms with Gasteiger partial charge in [-0.2, -0.15) is 0 Å². The van der Waals surface area contributed by atoms with Crippen LogP contribution in [0.1, 0.15) is 35.2 Å². The molecule has 0 bridgehead atoms. The average molecular weight is 261 g/mol. The van der Waals surface area contributed by atoms with Gasteiger partial charge in [0.2, 0.25) is 0 Å². The van der Waals surface area contributed by atoms with Crippen molar-refractivity contribution >= 4 is 5.91 Å². The predicted molar refractivity (Wildman–Crippen MR) is 76.9 cm³/mol. The van der Waals surface area contributed by atoms with Gasteiger partial charge in [0, 0.05) is 18.7 Å². The largest absolute Gasteiger partial charge is 0.352 e. The number of nitrogens with two attached hydrogens (primary N) is 1. The second-order valence-corrected chi connectivity index (χ2v) is 5.16. The van der Waals surface area contributed by atoms with E-state index in [1.54, 1.807) is 0 Å². The summed E-state index contributed by atoms with van der Waals surface area (Å²) in [6.07, 6.45) is 3.58. The molecule has 19 heavy (non-hydrogen) atoms. The van der Waals surface area contributed by atoms with Crippen molar-refractivity contribution in [1.29, 1.82) is 0 Å². The van der Waals surface area contributed by atoms with Gasteiger partial charge in [-0.1, -0.05) is 12.1 Å². The Bertz CT molecular complexity index is 396. The van der Waals surface area contributed by atoms with Crippen LogP contribution < -0.4 is 16.4 Å². The number of nitrogens with one attached hydrogen (secondary N) is 2. The third-order valence-corrected chi connectivity index (χ3v) is 3.69. The lowest BCUT2D eigenvalue weighted by Gasteiger charge is -2.22. The Balaban J connectivity index is 1.73. The smallest absolute Gasteiger partial charge is 0.251 e. The minimum atomic E-state index is 0.00680. The summed E-state index contributed by atoms with van der Waals surface area (Å²) in [4.78, 5) is 11.9. The Morgan fingerprint density at radius 2 is 2.16 bits per heavy atom. The van der Waals surface area contributed by atoms with Gasteiger partial charge in [-0.15, -0.1) is 0 Å². The Hall–Kier alpha value is -1.39. The van der Waals surface area contributed by atoms with E-state index in [0.29, 0.717) is 18.0 Å². The molecule has 2 rings (SSSR count). The lowest BCUT2D eigenvalue weighted by atomic mass is 9.96. The Kier molecular flexibility index (Phi) is 5.36. The van der Waals surface area contributed by atoms with Crippen molar-refractivity contribution in [3.63, 3.8) is 0 Å². The summed E-state index contributed by atoms with van der Waals surface area (Å²) in [6.45, 7) is 3.48. The van der Waals surface area contributed by atoms with Crippen molar-refractivity contribution in [2.45, 2.75) is 25.8 Å². The molecule has 0 radical (unpaired) electrons. The fraction of sp³-hybridized carbons (Fsp3) is 0.533. The van der Waals surface area contributed by atoms with Crippen LogP contribution in [0.5, 0.6) is 0 Å². The van der Waals surface area contributed by atoms with E-state index in [2.05, 4.69) is 10.6 Å². The molecule has 0 aliphatic carbocycles. The molecule has 4 nitrogen and oxygen atoms in total. The summed E-state index contributed by atoms with van der Waals surface area (Å²) >= 11 is 0. The summed E-state index contributed by atoms with van der Waals surface area (Å²) in [7, 11) is 0. The predicted octanol–water partition coefficient (Wildman–Crippen LogP) is 1.26. The molecule has 1 aliphatic heterocycles. The monoisotopic (exact) mass is 261 g/mol. The minimum absolute atomic E-state index is 0.00680. The van der Waals surface area contributed by atoms with Crippen molar-refractivity contribution in [3.8, 4) is 0 Å². The van der Waals surface area contributed by atoms with E-state index in [-0.39, 0.29) is 5.91 Å². The lowest BCUT2D eigenvalue weighted by molar-refractivity contribution is 0.0950. The fourth-order valence-electron chi connectivity index (χ4n) is 2.45. The molecule has 1 aromatic rings. The molecular formula is C15H23N3O. The fourth-order valence-corrected chi connectivity index (χ4v) is 2.45. The molecule has 0 saturated carbocycles. The quantitative estimate of drug-likeness (QED) is 0.747. The number of benzene rings is 1. The highest BCUT2D eigenvalue weighted by atomic mass is 16.1. The summed E-state index contributed by atoms with van der Waals surface area (Å²) in [5.41, 5.74) is 7.29. The van der Waals surface area contributed by atoms with Gasteiger partial charge >= 0.3 is 0 Å². The van der Waals surface area contributed by atoms with Crippen LogP contribution in [0.25, 0.3) is 0 Å². The summed E-state index contributed by atoms with van der Waals surface area (Å²) in [5.74, 6) is 0.709. The first-order valence-corrected chi connectivity index (χ1v) is 7.07. The third-order valence-electron chi connectivity index (χ3n) is 3.69. The molecule has 4 N–H and O–H groups in total. The van der Waals surface area contributed by atoms with Crippen LogP contribution >= 0.6 is 0 Å². The normalized spacial score (nSPS) is 19.1. The molecule has 104 valence electrons. The van der Waals surface area contributed by atoms with Crippen LogP contribution in [0.3, 0.4) is 0 Å². The lowest BCUT2D eigenvalue weighted by Crippen LogP contribution is -2.33. The number of hydrogen-bond donors (Lipinski definition) is 3. The van der Waals surface area contributed by atoms with E-state index in [1.807, 2.05) is 24.3 Å². The third kappa shape index (κ3) is 4.33. The molecule has 1 fully saturated rings. The van der Waals surface area contributed by atoms with Crippen LogP contribution in [0.4, 0.5) is 0 Å². The van der Waals surface area contributed by atoms with Crippen LogP contribution in [-0.2, 0) is 6.54 Å². The Labute approximate surface area is 114 Å². The standard InChI is InChI=1S/C15H23N3O/c16-10-12-3-5-14(6-4-12)15(19)18-9-7-13-2-1-8-17-11-13/h3-6,13,17H,1-2,7-11,16H2,(H,18,19). The van der Waals surface area contributed by atoms with E-state index >= 15 is 0 Å². The number of carbonyl (C=O) groups is 1. The van der Waals surface area contributed by atoms with Crippen molar-refractivity contribution in [1.82, 2.24) is 10.6 Å². The molecule has 1 amide bonds. The van der Waals surface area contributed by atoms with Crippen molar-refractivity contribution in [2.75, 3.05) is 19.6 Å². The van der Waals surface area contributed by atoms with Crippen LogP contribution in [0.15, 0.2) is 24.3 Å². The topological polar surface area (TPSA) is 67.2 Å². The summed E-state index contributed by atoms with van der Waals surface area (Å²) in [6, 6.07) is 7.47. The molecule has 1 atom stereocenters. The molecule has 1 heterocycles. The highest BCUT2D eigenvalue weighted by Gasteiger charge is 2.13. The number of amides is 1. The first-order valence-electron chi connectivity index (χ1n) is 7.07. The molecular weight excluding hydrogens is 238 g/mol. The van der Waals surface area contributed by atoms with E-state index in [4.69, 9.17) is 5.73 Å². The van der Waals surface area contributed by atoms with Crippen LogP contribution in [-0.4, -0.2) is 25.5 Å². The molecule has 1 saturated heterocycles. The van der Waals surface area contributed by atoms with E-state index in [9.17, 15) is 4.79 Å². The Morgan fingerprint density at radius 1 is 1.37 bits per heavy atom. The van der Waals surface area contributed by atoms with Gasteiger partial charge in [-0.25, -0.2) is 0 Å². The van der Waals surface area contributed by atoms with Gasteiger partial charge in [0.15, 0.2) is 0 Å². The van der Waals surface area contributed by atoms with E-state index < -0.39 is 0 Å². The average Bonchev–Trinajstić information content (AvgIpc) is 2.48. The molecule has 0 spiro atoms. The Morgan fingerprint density at radius 3 is 2.79 bits per heavy atom. The zero-order chi connectivity index (χ0) is 13.5. The van der Waals surface area contributed by atoms with E-state index in [1.165, 1.54) is 12.8 Å². The number of piperidine rings is 1. The zero-order valence-electron chi connectivity index (χ0n) is 11.3. The summed E-state index contributed by atoms with van der Waals surface area (Å²) < 4.78 is 0. The second kappa shape index (κ2) is 7.26. The van der Waals surface area contributed by atoms with Gasteiger partial charge in [0.05, 0.1) is 0 Å². The van der Waals surface area contributed by atoms with Gasteiger partial charge < -0.3 is 16.4 Å². The second-order valence-electron chi connectivity index (χ2n) is 5.16. The van der Waals surface area contributed by atoms with Gasteiger partial charge in [0.1, 0.15) is 0 Å². The van der Waals surface area contributed by atoms with Crippen molar-refractivity contribution in [2.24, 2.45) is 11.7 Å². The van der Waals surface area contributed by atoms with E-state index in [0.717, 1.165) is 31.6 Å². The number of rotatable bonds is 5. The summed E-state index contributed by atoms with van der Waals surface area (Å²) in [5, 5.41) is 6.38. The maximum atomic E-state index is 11.9. The highest BCUT2D eigenvalue weighted by molar-refractivity contribution is 5.94. The molecule has 0 aromatic heterocycles. The number of hydrogen-bond acceptors (Lipinski definition) is 3. The van der Waals surface area contributed by atoms with Crippen molar-refractivity contribution in [3.05, 3.63) is 35.4 Å². The highest BCUT2D eigenvalue weighted by Crippen LogP contribution is 2.13. The molecule has 1 unspecified atom stereocenters. The first kappa shape index (κ1) is 14.0. The van der Waals surface area contributed by atoms with Gasteiger partial charge in [-0.3, -0.25) is 4.79 Å². The number of carbonyl (C=O) groups excluding carboxylic acids is 1. The zero-order valence-corrected chi connectivity index (χ0v) is 11.3. The van der Waals surface area contributed by atoms with Gasteiger partial charge in [-0.05, 0) is 56.0 Å². The van der Waals surface area contributed by atoms with Crippen LogP contribution in [0, 0.1) is 5.92 Å².